The predicted octanol–water partition coefficient (Wildman–Crippen LogP) is 1.65. The molecule has 0 aliphatic carbocycles. The molecule has 0 atom stereocenters. The van der Waals surface area contributed by atoms with E-state index in [0.717, 1.165) is 24.1 Å². The van der Waals surface area contributed by atoms with Crippen LogP contribution in [0.3, 0.4) is 0 Å². The number of terminal acetylenes is 1. The molecule has 4 heteroatoms. The Hall–Kier alpha value is -1.08. The Labute approximate surface area is 86.1 Å². The second kappa shape index (κ2) is 5.55. The van der Waals surface area contributed by atoms with Gasteiger partial charge in [-0.1, -0.05) is 21.9 Å². The molecule has 0 spiro atoms. The van der Waals surface area contributed by atoms with Crippen LogP contribution in [0.2, 0.25) is 0 Å². The summed E-state index contributed by atoms with van der Waals surface area (Å²) in [5, 5.41) is 4.12. The van der Waals surface area contributed by atoms with Crippen LogP contribution in [0.15, 0.2) is 12.4 Å². The maximum atomic E-state index is 5.20. The summed E-state index contributed by atoms with van der Waals surface area (Å²) in [6, 6.07) is 1.76. The summed E-state index contributed by atoms with van der Waals surface area (Å²) >= 11 is 3.35. The zero-order valence-electron chi connectivity index (χ0n) is 7.13. The zero-order chi connectivity index (χ0) is 9.52. The van der Waals surface area contributed by atoms with Gasteiger partial charge in [0.25, 0.3) is 0 Å². The van der Waals surface area contributed by atoms with Crippen molar-refractivity contribution in [3.8, 4) is 12.3 Å². The van der Waals surface area contributed by atoms with Crippen LogP contribution in [0.1, 0.15) is 12.1 Å². The first-order valence-electron chi connectivity index (χ1n) is 3.95. The largest absolute Gasteiger partial charge is 0.370 e. The molecule has 1 N–H and O–H groups in total. The molecule has 0 unspecified atom stereocenters. The number of halogens is 1. The molecule has 3 nitrogen and oxygen atoms in total. The third-order valence-corrected chi connectivity index (χ3v) is 1.99. The molecule has 68 valence electrons. The first-order chi connectivity index (χ1) is 6.36. The predicted molar refractivity (Wildman–Crippen MR) is 56.9 cm³/mol. The van der Waals surface area contributed by atoms with E-state index in [2.05, 4.69) is 37.1 Å². The molecule has 13 heavy (non-hydrogen) atoms. The molecule has 0 radical (unpaired) electrons. The highest BCUT2D eigenvalue weighted by molar-refractivity contribution is 9.09. The van der Waals surface area contributed by atoms with Crippen LogP contribution in [-0.2, 0) is 0 Å². The van der Waals surface area contributed by atoms with Crippen LogP contribution in [0.5, 0.6) is 0 Å². The highest BCUT2D eigenvalue weighted by Gasteiger charge is 1.94. The highest BCUT2D eigenvalue weighted by Crippen LogP contribution is 2.02. The van der Waals surface area contributed by atoms with Crippen molar-refractivity contribution in [2.75, 3.05) is 17.2 Å². The fourth-order valence-corrected chi connectivity index (χ4v) is 1.10. The average molecular weight is 240 g/mol. The normalized spacial score (nSPS) is 9.23. The van der Waals surface area contributed by atoms with E-state index in [1.165, 1.54) is 6.33 Å². The molecular formula is C9H10BrN3. The second-order valence-electron chi connectivity index (χ2n) is 2.40. The van der Waals surface area contributed by atoms with Crippen LogP contribution in [0, 0.1) is 12.3 Å². The Kier molecular flexibility index (Phi) is 4.27. The number of hydrogen-bond donors (Lipinski definition) is 1. The summed E-state index contributed by atoms with van der Waals surface area (Å²) < 4.78 is 0. The molecule has 0 fully saturated rings. The van der Waals surface area contributed by atoms with Crippen LogP contribution >= 0.6 is 15.9 Å². The number of nitrogens with one attached hydrogen (secondary N) is 1. The number of hydrogen-bond acceptors (Lipinski definition) is 3. The van der Waals surface area contributed by atoms with Gasteiger partial charge in [0.15, 0.2) is 0 Å². The molecule has 0 aliphatic heterocycles. The first kappa shape index (κ1) is 10.0. The minimum atomic E-state index is 0.608. The lowest BCUT2D eigenvalue weighted by Crippen LogP contribution is -2.04. The van der Waals surface area contributed by atoms with Gasteiger partial charge in [0.2, 0.25) is 0 Å². The maximum absolute atomic E-state index is 5.20. The molecule has 0 aromatic carbocycles. The van der Waals surface area contributed by atoms with E-state index in [9.17, 15) is 0 Å². The summed E-state index contributed by atoms with van der Waals surface area (Å²) in [4.78, 5) is 7.92. The number of anilines is 1. The fourth-order valence-electron chi connectivity index (χ4n) is 0.816. The van der Waals surface area contributed by atoms with Gasteiger partial charge < -0.3 is 5.32 Å². The Morgan fingerprint density at radius 2 is 2.38 bits per heavy atom. The Balaban J connectivity index is 2.52. The van der Waals surface area contributed by atoms with E-state index in [1.807, 2.05) is 0 Å². The quantitative estimate of drug-likeness (QED) is 0.494. The lowest BCUT2D eigenvalue weighted by molar-refractivity contribution is 0.980. The van der Waals surface area contributed by atoms with Gasteiger partial charge >= 0.3 is 0 Å². The van der Waals surface area contributed by atoms with Crippen molar-refractivity contribution in [2.45, 2.75) is 6.42 Å². The molecule has 1 heterocycles. The van der Waals surface area contributed by atoms with Crippen LogP contribution < -0.4 is 5.32 Å². The first-order valence-corrected chi connectivity index (χ1v) is 5.07. The van der Waals surface area contributed by atoms with Crippen molar-refractivity contribution in [3.63, 3.8) is 0 Å². The molecule has 0 saturated carbocycles. The molecular weight excluding hydrogens is 230 g/mol. The van der Waals surface area contributed by atoms with E-state index in [0.29, 0.717) is 5.69 Å². The third kappa shape index (κ3) is 3.43. The molecule has 1 aromatic heterocycles. The van der Waals surface area contributed by atoms with E-state index in [4.69, 9.17) is 6.42 Å². The monoisotopic (exact) mass is 239 g/mol. The summed E-state index contributed by atoms with van der Waals surface area (Å²) in [7, 11) is 0. The Morgan fingerprint density at radius 1 is 1.54 bits per heavy atom. The van der Waals surface area contributed by atoms with E-state index in [1.54, 1.807) is 6.07 Å². The summed E-state index contributed by atoms with van der Waals surface area (Å²) in [5.74, 6) is 3.24. The smallest absolute Gasteiger partial charge is 0.130 e. The number of nitrogens with zero attached hydrogens (tertiary/aromatic N) is 2. The second-order valence-corrected chi connectivity index (χ2v) is 3.20. The van der Waals surface area contributed by atoms with Gasteiger partial charge in [-0.2, -0.15) is 0 Å². The Bertz CT molecular complexity index is 306. The standard InChI is InChI=1S/C9H10BrN3/c1-2-8-6-9(13-7-12-8)11-5-3-4-10/h1,6-7H,3-5H2,(H,11,12,13). The fraction of sp³-hybridized carbons (Fsp3) is 0.333. The van der Waals surface area contributed by atoms with Gasteiger partial charge in [-0.15, -0.1) is 6.42 Å². The van der Waals surface area contributed by atoms with Crippen LogP contribution in [0.25, 0.3) is 0 Å². The van der Waals surface area contributed by atoms with Crippen molar-refractivity contribution >= 4 is 21.7 Å². The molecule has 0 aliphatic rings. The summed E-state index contributed by atoms with van der Waals surface area (Å²) in [5.41, 5.74) is 0.608. The van der Waals surface area contributed by atoms with Crippen molar-refractivity contribution in [1.29, 1.82) is 0 Å². The van der Waals surface area contributed by atoms with E-state index in [-0.39, 0.29) is 0 Å². The zero-order valence-corrected chi connectivity index (χ0v) is 8.71. The van der Waals surface area contributed by atoms with Gasteiger partial charge in [0, 0.05) is 17.9 Å². The van der Waals surface area contributed by atoms with E-state index < -0.39 is 0 Å². The van der Waals surface area contributed by atoms with Crippen molar-refractivity contribution in [2.24, 2.45) is 0 Å². The molecule has 1 rings (SSSR count). The van der Waals surface area contributed by atoms with Crippen LogP contribution in [0.4, 0.5) is 5.82 Å². The van der Waals surface area contributed by atoms with Crippen LogP contribution in [-0.4, -0.2) is 21.8 Å². The Morgan fingerprint density at radius 3 is 3.08 bits per heavy atom. The van der Waals surface area contributed by atoms with Gasteiger partial charge in [-0.25, -0.2) is 9.97 Å². The van der Waals surface area contributed by atoms with Gasteiger partial charge in [-0.05, 0) is 6.42 Å². The van der Waals surface area contributed by atoms with Crippen molar-refractivity contribution in [1.82, 2.24) is 9.97 Å². The lowest BCUT2D eigenvalue weighted by atomic mass is 10.4. The number of aromatic nitrogens is 2. The van der Waals surface area contributed by atoms with Crippen molar-refractivity contribution in [3.05, 3.63) is 18.1 Å². The molecule has 0 amide bonds. The van der Waals surface area contributed by atoms with E-state index >= 15 is 0 Å². The number of alkyl halides is 1. The third-order valence-electron chi connectivity index (χ3n) is 1.43. The molecule has 0 saturated heterocycles. The SMILES string of the molecule is C#Cc1cc(NCCCBr)ncn1. The minimum Gasteiger partial charge on any atom is -0.370 e. The van der Waals surface area contributed by atoms with Gasteiger partial charge in [-0.3, -0.25) is 0 Å². The minimum absolute atomic E-state index is 0.608. The summed E-state index contributed by atoms with van der Waals surface area (Å²) in [6.07, 6.45) is 7.71. The van der Waals surface area contributed by atoms with Gasteiger partial charge in [0.1, 0.15) is 17.8 Å². The molecule has 0 bridgehead atoms. The van der Waals surface area contributed by atoms with Gasteiger partial charge in [0.05, 0.1) is 0 Å². The highest BCUT2D eigenvalue weighted by atomic mass is 79.9. The topological polar surface area (TPSA) is 37.8 Å². The number of rotatable bonds is 4. The lowest BCUT2D eigenvalue weighted by Gasteiger charge is -2.02. The summed E-state index contributed by atoms with van der Waals surface area (Å²) in [6.45, 7) is 0.881. The average Bonchev–Trinajstić information content (AvgIpc) is 2.19. The maximum Gasteiger partial charge on any atom is 0.130 e. The molecule has 1 aromatic rings. The van der Waals surface area contributed by atoms with Crippen molar-refractivity contribution < 1.29 is 0 Å².